The second-order valence-corrected chi connectivity index (χ2v) is 4.24. The third-order valence-electron chi connectivity index (χ3n) is 1.24. The smallest absolute Gasteiger partial charge is 0.224 e. The van der Waals surface area contributed by atoms with Crippen molar-refractivity contribution in [3.63, 3.8) is 0 Å². The van der Waals surface area contributed by atoms with E-state index in [4.69, 9.17) is 0 Å². The summed E-state index contributed by atoms with van der Waals surface area (Å²) in [6, 6.07) is 0. The Kier molecular flexibility index (Phi) is 2.28. The van der Waals surface area contributed by atoms with Gasteiger partial charge in [0.1, 0.15) is 0 Å². The van der Waals surface area contributed by atoms with Crippen molar-refractivity contribution in [3.8, 4) is 0 Å². The average Bonchev–Trinajstić information content (AvgIpc) is 2.37. The van der Waals surface area contributed by atoms with Crippen molar-refractivity contribution in [1.29, 1.82) is 0 Å². The van der Waals surface area contributed by atoms with Crippen LogP contribution in [0, 0.1) is 0 Å². The van der Waals surface area contributed by atoms with Gasteiger partial charge in [-0.2, -0.15) is 0 Å². The molecule has 1 rings (SSSR count). The Morgan fingerprint density at radius 1 is 1.64 bits per heavy atom. The molecule has 62 valence electrons. The quantitative estimate of drug-likeness (QED) is 0.729. The van der Waals surface area contributed by atoms with Crippen molar-refractivity contribution in [3.05, 3.63) is 12.4 Å². The number of aromatic amines is 1. The van der Waals surface area contributed by atoms with E-state index in [1.54, 1.807) is 0 Å². The van der Waals surface area contributed by atoms with Crippen molar-refractivity contribution < 1.29 is 8.42 Å². The molecule has 0 atom stereocenters. The Morgan fingerprint density at radius 3 is 2.82 bits per heavy atom. The molecule has 1 N–H and O–H groups in total. The Hall–Kier alpha value is -0.840. The van der Waals surface area contributed by atoms with E-state index in [1.165, 1.54) is 12.4 Å². The highest BCUT2D eigenvalue weighted by Crippen LogP contribution is 2.03. The standard InChI is InChI=1S/C6H10N2O2S/c1-2-5-11(9,10)6-7-3-4-8-6/h3-4H,2,5H2,1H3,(H,7,8). The Labute approximate surface area is 65.6 Å². The molecule has 0 saturated carbocycles. The molecule has 5 heteroatoms. The summed E-state index contributed by atoms with van der Waals surface area (Å²) in [4.78, 5) is 6.23. The van der Waals surface area contributed by atoms with Crippen molar-refractivity contribution in [2.75, 3.05) is 5.75 Å². The zero-order valence-corrected chi connectivity index (χ0v) is 7.06. The fourth-order valence-electron chi connectivity index (χ4n) is 0.786. The summed E-state index contributed by atoms with van der Waals surface area (Å²) in [5.41, 5.74) is 0. The summed E-state index contributed by atoms with van der Waals surface area (Å²) >= 11 is 0. The van der Waals surface area contributed by atoms with Gasteiger partial charge in [0.15, 0.2) is 0 Å². The zero-order valence-electron chi connectivity index (χ0n) is 6.24. The summed E-state index contributed by atoms with van der Waals surface area (Å²) in [5, 5.41) is 0.0688. The van der Waals surface area contributed by atoms with Gasteiger partial charge < -0.3 is 4.98 Å². The van der Waals surface area contributed by atoms with Gasteiger partial charge in [-0.05, 0) is 6.42 Å². The third kappa shape index (κ3) is 1.80. The van der Waals surface area contributed by atoms with Crippen LogP contribution in [0.2, 0.25) is 0 Å². The molecule has 1 heterocycles. The Balaban J connectivity index is 2.92. The molecule has 0 aliphatic rings. The highest BCUT2D eigenvalue weighted by molar-refractivity contribution is 7.91. The lowest BCUT2D eigenvalue weighted by molar-refractivity contribution is 0.587. The lowest BCUT2D eigenvalue weighted by atomic mass is 10.6. The predicted octanol–water partition coefficient (Wildman–Crippen LogP) is 0.593. The van der Waals surface area contributed by atoms with Crippen molar-refractivity contribution in [1.82, 2.24) is 9.97 Å². The largest absolute Gasteiger partial charge is 0.336 e. The van der Waals surface area contributed by atoms with Crippen LogP contribution in [-0.4, -0.2) is 24.1 Å². The first-order chi connectivity index (χ1) is 5.17. The normalized spacial score (nSPS) is 11.7. The second kappa shape index (κ2) is 3.04. The second-order valence-electron chi connectivity index (χ2n) is 2.21. The topological polar surface area (TPSA) is 62.8 Å². The van der Waals surface area contributed by atoms with E-state index in [2.05, 4.69) is 9.97 Å². The molecule has 0 fully saturated rings. The number of sulfone groups is 1. The summed E-state index contributed by atoms with van der Waals surface area (Å²) in [5.74, 6) is 0.153. The molecular formula is C6H10N2O2S. The molecule has 0 aliphatic carbocycles. The lowest BCUT2D eigenvalue weighted by Crippen LogP contribution is -2.07. The summed E-state index contributed by atoms with van der Waals surface area (Å²) < 4.78 is 22.4. The lowest BCUT2D eigenvalue weighted by Gasteiger charge is -1.95. The van der Waals surface area contributed by atoms with Gasteiger partial charge in [-0.1, -0.05) is 6.92 Å². The van der Waals surface area contributed by atoms with E-state index in [0.717, 1.165) is 0 Å². The van der Waals surface area contributed by atoms with E-state index >= 15 is 0 Å². The molecule has 0 aliphatic heterocycles. The molecule has 0 unspecified atom stereocenters. The van der Waals surface area contributed by atoms with Crippen LogP contribution in [0.3, 0.4) is 0 Å². The average molecular weight is 174 g/mol. The highest BCUT2D eigenvalue weighted by atomic mass is 32.2. The van der Waals surface area contributed by atoms with Crippen molar-refractivity contribution in [2.45, 2.75) is 18.5 Å². The molecule has 1 aromatic rings. The van der Waals surface area contributed by atoms with Gasteiger partial charge >= 0.3 is 0 Å². The van der Waals surface area contributed by atoms with Crippen LogP contribution in [0.25, 0.3) is 0 Å². The Morgan fingerprint density at radius 2 is 2.36 bits per heavy atom. The zero-order chi connectivity index (χ0) is 8.32. The van der Waals surface area contributed by atoms with E-state index in [9.17, 15) is 8.42 Å². The van der Waals surface area contributed by atoms with Gasteiger partial charge in [0.05, 0.1) is 5.75 Å². The molecule has 1 aromatic heterocycles. The first kappa shape index (κ1) is 8.26. The molecule has 0 amide bonds. The van der Waals surface area contributed by atoms with Gasteiger partial charge in [-0.15, -0.1) is 0 Å². The summed E-state index contributed by atoms with van der Waals surface area (Å²) in [6.07, 6.45) is 3.55. The minimum atomic E-state index is -3.13. The molecule has 0 radical (unpaired) electrons. The van der Waals surface area contributed by atoms with E-state index in [1.807, 2.05) is 6.92 Å². The summed E-state index contributed by atoms with van der Waals surface area (Å²) in [7, 11) is -3.13. The van der Waals surface area contributed by atoms with Crippen LogP contribution in [0.4, 0.5) is 0 Å². The minimum Gasteiger partial charge on any atom is -0.336 e. The van der Waals surface area contributed by atoms with E-state index in [-0.39, 0.29) is 10.9 Å². The van der Waals surface area contributed by atoms with Crippen molar-refractivity contribution in [2.24, 2.45) is 0 Å². The number of hydrogen-bond acceptors (Lipinski definition) is 3. The van der Waals surface area contributed by atoms with E-state index in [0.29, 0.717) is 6.42 Å². The van der Waals surface area contributed by atoms with Crippen LogP contribution < -0.4 is 0 Å². The number of H-pyrrole nitrogens is 1. The maximum absolute atomic E-state index is 11.2. The maximum Gasteiger partial charge on any atom is 0.224 e. The van der Waals surface area contributed by atoms with Gasteiger partial charge in [0.2, 0.25) is 15.0 Å². The van der Waals surface area contributed by atoms with Crippen LogP contribution in [0.5, 0.6) is 0 Å². The van der Waals surface area contributed by atoms with Crippen molar-refractivity contribution >= 4 is 9.84 Å². The van der Waals surface area contributed by atoms with Crippen LogP contribution in [-0.2, 0) is 9.84 Å². The van der Waals surface area contributed by atoms with Gasteiger partial charge in [-0.25, -0.2) is 13.4 Å². The third-order valence-corrected chi connectivity index (χ3v) is 3.00. The number of rotatable bonds is 3. The van der Waals surface area contributed by atoms with Gasteiger partial charge in [0.25, 0.3) is 0 Å². The first-order valence-electron chi connectivity index (χ1n) is 3.39. The van der Waals surface area contributed by atoms with Crippen LogP contribution in [0.15, 0.2) is 17.6 Å². The number of hydrogen-bond donors (Lipinski definition) is 1. The number of nitrogens with zero attached hydrogens (tertiary/aromatic N) is 1. The fourth-order valence-corrected chi connectivity index (χ4v) is 1.99. The van der Waals surface area contributed by atoms with Gasteiger partial charge in [-0.3, -0.25) is 0 Å². The fraction of sp³-hybridized carbons (Fsp3) is 0.500. The Bertz CT molecular complexity index is 301. The number of nitrogens with one attached hydrogen (secondary N) is 1. The molecule has 0 saturated heterocycles. The molecule has 11 heavy (non-hydrogen) atoms. The number of aromatic nitrogens is 2. The first-order valence-corrected chi connectivity index (χ1v) is 5.04. The van der Waals surface area contributed by atoms with Crippen LogP contribution in [0.1, 0.15) is 13.3 Å². The molecule has 0 aromatic carbocycles. The maximum atomic E-state index is 11.2. The molecular weight excluding hydrogens is 164 g/mol. The predicted molar refractivity (Wildman–Crippen MR) is 40.9 cm³/mol. The molecule has 0 bridgehead atoms. The minimum absolute atomic E-state index is 0.0688. The van der Waals surface area contributed by atoms with E-state index < -0.39 is 9.84 Å². The van der Waals surface area contributed by atoms with Gasteiger partial charge in [0, 0.05) is 12.4 Å². The van der Waals surface area contributed by atoms with Crippen LogP contribution >= 0.6 is 0 Å². The summed E-state index contributed by atoms with van der Waals surface area (Å²) in [6.45, 7) is 1.82. The molecule has 4 nitrogen and oxygen atoms in total. The number of imidazole rings is 1. The monoisotopic (exact) mass is 174 g/mol. The highest BCUT2D eigenvalue weighted by Gasteiger charge is 2.14. The molecule has 0 spiro atoms. The SMILES string of the molecule is CCCS(=O)(=O)c1ncc[nH]1.